The molecule has 18 heavy (non-hydrogen) atoms. The summed E-state index contributed by atoms with van der Waals surface area (Å²) in [6, 6.07) is 8.12. The third-order valence-corrected chi connectivity index (χ3v) is 3.60. The summed E-state index contributed by atoms with van der Waals surface area (Å²) in [5, 5.41) is 9.00. The highest BCUT2D eigenvalue weighted by atomic mass is 16.7. The molecule has 0 bridgehead atoms. The van der Waals surface area contributed by atoms with Crippen molar-refractivity contribution in [3.05, 3.63) is 18.2 Å². The molecule has 0 aromatic heterocycles. The number of hydrogen-bond donors (Lipinski definition) is 1. The van der Waals surface area contributed by atoms with Crippen LogP contribution in [0.5, 0.6) is 11.5 Å². The third-order valence-electron chi connectivity index (χ3n) is 3.60. The van der Waals surface area contributed by atoms with Crippen molar-refractivity contribution in [3.8, 4) is 17.6 Å². The normalized spacial score (nSPS) is 20.6. The Morgan fingerprint density at radius 1 is 1.22 bits per heavy atom. The Morgan fingerprint density at radius 2 is 1.94 bits per heavy atom. The van der Waals surface area contributed by atoms with Crippen LogP contribution in [0.4, 0.5) is 5.69 Å². The highest BCUT2D eigenvalue weighted by molar-refractivity contribution is 5.57. The largest absolute Gasteiger partial charge is 0.454 e. The van der Waals surface area contributed by atoms with Gasteiger partial charge in [0, 0.05) is 24.8 Å². The second-order valence-corrected chi connectivity index (χ2v) is 4.79. The van der Waals surface area contributed by atoms with Crippen molar-refractivity contribution in [1.29, 1.82) is 5.26 Å². The monoisotopic (exact) mass is 245 g/mol. The Hall–Kier alpha value is -1.93. The van der Waals surface area contributed by atoms with Gasteiger partial charge >= 0.3 is 0 Å². The Kier molecular flexibility index (Phi) is 2.53. The fraction of sp³-hybridized carbons (Fsp3) is 0.462. The number of fused-ring (bicyclic) bond motifs is 1. The van der Waals surface area contributed by atoms with Crippen molar-refractivity contribution in [3.63, 3.8) is 0 Å². The first-order valence-electron chi connectivity index (χ1n) is 6.05. The molecular formula is C13H15N3O2. The van der Waals surface area contributed by atoms with Crippen LogP contribution in [-0.4, -0.2) is 25.4 Å². The van der Waals surface area contributed by atoms with E-state index < -0.39 is 5.54 Å². The lowest BCUT2D eigenvalue weighted by Crippen LogP contribution is -2.49. The number of rotatable bonds is 1. The van der Waals surface area contributed by atoms with Crippen LogP contribution in [-0.2, 0) is 0 Å². The summed E-state index contributed by atoms with van der Waals surface area (Å²) in [6.07, 6.45) is 1.38. The molecule has 1 fully saturated rings. The fourth-order valence-corrected chi connectivity index (χ4v) is 2.36. The van der Waals surface area contributed by atoms with Gasteiger partial charge in [-0.15, -0.1) is 0 Å². The molecule has 0 radical (unpaired) electrons. The molecule has 0 spiro atoms. The molecule has 1 saturated heterocycles. The number of hydrogen-bond acceptors (Lipinski definition) is 5. The van der Waals surface area contributed by atoms with Crippen molar-refractivity contribution in [2.45, 2.75) is 18.4 Å². The lowest BCUT2D eigenvalue weighted by Gasteiger charge is -2.36. The Bertz CT molecular complexity index is 501. The van der Waals surface area contributed by atoms with E-state index in [-0.39, 0.29) is 0 Å². The van der Waals surface area contributed by atoms with Crippen LogP contribution < -0.4 is 20.1 Å². The highest BCUT2D eigenvalue weighted by Crippen LogP contribution is 2.36. The molecule has 2 heterocycles. The van der Waals surface area contributed by atoms with E-state index in [2.05, 4.69) is 11.0 Å². The lowest BCUT2D eigenvalue weighted by molar-refractivity contribution is 0.174. The quantitative estimate of drug-likeness (QED) is 0.805. The zero-order chi connectivity index (χ0) is 12.6. The van der Waals surface area contributed by atoms with E-state index in [1.165, 1.54) is 0 Å². The van der Waals surface area contributed by atoms with Crippen LogP contribution in [0.3, 0.4) is 0 Å². The van der Waals surface area contributed by atoms with Gasteiger partial charge in [-0.05, 0) is 25.0 Å². The van der Waals surface area contributed by atoms with Crippen LogP contribution >= 0.6 is 0 Å². The summed E-state index contributed by atoms with van der Waals surface area (Å²) in [5.74, 6) is 1.58. The molecule has 0 amide bonds. The van der Waals surface area contributed by atoms with Crippen LogP contribution in [0.2, 0.25) is 0 Å². The molecule has 0 saturated carbocycles. The standard InChI is InChI=1S/C13H15N3O2/c14-8-13(15)3-5-16(6-4-13)10-1-2-11-12(7-10)18-9-17-11/h1-2,7H,3-6,9,15H2. The first-order chi connectivity index (χ1) is 8.70. The minimum Gasteiger partial charge on any atom is -0.454 e. The summed E-state index contributed by atoms with van der Waals surface area (Å²) in [7, 11) is 0. The van der Waals surface area contributed by atoms with Crippen molar-refractivity contribution in [2.75, 3.05) is 24.8 Å². The van der Waals surface area contributed by atoms with Crippen molar-refractivity contribution in [1.82, 2.24) is 0 Å². The number of nitrogens with two attached hydrogens (primary N) is 1. The van der Waals surface area contributed by atoms with Gasteiger partial charge in [-0.25, -0.2) is 0 Å². The van der Waals surface area contributed by atoms with Gasteiger partial charge in [0.05, 0.1) is 6.07 Å². The minimum atomic E-state index is -0.660. The van der Waals surface area contributed by atoms with Crippen LogP contribution in [0, 0.1) is 11.3 Å². The smallest absolute Gasteiger partial charge is 0.231 e. The molecule has 5 heteroatoms. The van der Waals surface area contributed by atoms with Gasteiger partial charge in [0.25, 0.3) is 0 Å². The minimum absolute atomic E-state index is 0.291. The van der Waals surface area contributed by atoms with E-state index in [1.54, 1.807) is 0 Å². The van der Waals surface area contributed by atoms with Crippen molar-refractivity contribution >= 4 is 5.69 Å². The molecule has 2 aliphatic heterocycles. The SMILES string of the molecule is N#CC1(N)CCN(c2ccc3c(c2)OCO3)CC1. The van der Waals surface area contributed by atoms with E-state index in [4.69, 9.17) is 20.5 Å². The maximum absolute atomic E-state index is 9.00. The summed E-state index contributed by atoms with van der Waals surface area (Å²) >= 11 is 0. The molecule has 2 aliphatic rings. The van der Waals surface area contributed by atoms with Gasteiger partial charge in [0.2, 0.25) is 6.79 Å². The van der Waals surface area contributed by atoms with E-state index >= 15 is 0 Å². The number of benzene rings is 1. The summed E-state index contributed by atoms with van der Waals surface area (Å²) in [4.78, 5) is 2.23. The average molecular weight is 245 g/mol. The summed E-state index contributed by atoms with van der Waals surface area (Å²) in [5.41, 5.74) is 6.39. The Labute approximate surface area is 106 Å². The molecule has 3 rings (SSSR count). The predicted octanol–water partition coefficient (Wildman–Crippen LogP) is 1.24. The van der Waals surface area contributed by atoms with Gasteiger partial charge in [-0.3, -0.25) is 0 Å². The number of nitriles is 1. The molecule has 1 aromatic rings. The number of ether oxygens (including phenoxy) is 2. The van der Waals surface area contributed by atoms with Gasteiger partial charge in [-0.1, -0.05) is 0 Å². The molecule has 0 aliphatic carbocycles. The average Bonchev–Trinajstić information content (AvgIpc) is 2.87. The second-order valence-electron chi connectivity index (χ2n) is 4.79. The third kappa shape index (κ3) is 1.85. The van der Waals surface area contributed by atoms with Crippen molar-refractivity contribution < 1.29 is 9.47 Å². The maximum Gasteiger partial charge on any atom is 0.231 e. The maximum atomic E-state index is 9.00. The van der Waals surface area contributed by atoms with Crippen LogP contribution in [0.1, 0.15) is 12.8 Å². The fourth-order valence-electron chi connectivity index (χ4n) is 2.36. The van der Waals surface area contributed by atoms with Gasteiger partial charge in [0.1, 0.15) is 5.54 Å². The summed E-state index contributed by atoms with van der Waals surface area (Å²) in [6.45, 7) is 1.88. The molecular weight excluding hydrogens is 230 g/mol. The van der Waals surface area contributed by atoms with E-state index in [0.29, 0.717) is 19.6 Å². The summed E-state index contributed by atoms with van der Waals surface area (Å²) < 4.78 is 10.7. The second kappa shape index (κ2) is 4.07. The number of nitrogens with zero attached hydrogens (tertiary/aromatic N) is 2. The number of piperidine rings is 1. The first-order valence-corrected chi connectivity index (χ1v) is 6.05. The molecule has 94 valence electrons. The van der Waals surface area contributed by atoms with Crippen LogP contribution in [0.15, 0.2) is 18.2 Å². The Balaban J connectivity index is 1.75. The molecule has 0 unspecified atom stereocenters. The predicted molar refractivity (Wildman–Crippen MR) is 66.5 cm³/mol. The van der Waals surface area contributed by atoms with Gasteiger partial charge in [0.15, 0.2) is 11.5 Å². The molecule has 0 atom stereocenters. The van der Waals surface area contributed by atoms with Gasteiger partial charge < -0.3 is 20.1 Å². The molecule has 1 aromatic carbocycles. The Morgan fingerprint density at radius 3 is 2.67 bits per heavy atom. The zero-order valence-electron chi connectivity index (χ0n) is 10.1. The molecule has 5 nitrogen and oxygen atoms in total. The molecule has 2 N–H and O–H groups in total. The number of anilines is 1. The van der Waals surface area contributed by atoms with Crippen LogP contribution in [0.25, 0.3) is 0 Å². The van der Waals surface area contributed by atoms with Crippen molar-refractivity contribution in [2.24, 2.45) is 5.73 Å². The lowest BCUT2D eigenvalue weighted by atomic mass is 9.90. The highest BCUT2D eigenvalue weighted by Gasteiger charge is 2.31. The first kappa shape index (κ1) is 11.2. The zero-order valence-corrected chi connectivity index (χ0v) is 10.1. The van der Waals surface area contributed by atoms with E-state index in [9.17, 15) is 0 Å². The topological polar surface area (TPSA) is 71.5 Å². The van der Waals surface area contributed by atoms with E-state index in [0.717, 1.165) is 30.3 Å². The van der Waals surface area contributed by atoms with Gasteiger partial charge in [-0.2, -0.15) is 5.26 Å². The van der Waals surface area contributed by atoms with E-state index in [1.807, 2.05) is 18.2 Å².